The van der Waals surface area contributed by atoms with Crippen LogP contribution in [-0.4, -0.2) is 27.8 Å². The van der Waals surface area contributed by atoms with Crippen LogP contribution in [0.25, 0.3) is 0 Å². The molecule has 3 aromatic rings. The molecule has 0 radical (unpaired) electrons. The third-order valence-corrected chi connectivity index (χ3v) is 6.65. The molecule has 0 bridgehead atoms. The molecule has 178 valence electrons. The summed E-state index contributed by atoms with van der Waals surface area (Å²) in [6.45, 7) is 2.16. The average Bonchev–Trinajstić information content (AvgIpc) is 3.24. The molecule has 1 fully saturated rings. The predicted molar refractivity (Wildman–Crippen MR) is 126 cm³/mol. The third kappa shape index (κ3) is 5.24. The van der Waals surface area contributed by atoms with E-state index in [1.54, 1.807) is 16.8 Å². The zero-order valence-electron chi connectivity index (χ0n) is 19.4. The highest BCUT2D eigenvalue weighted by Gasteiger charge is 2.26. The third-order valence-electron chi connectivity index (χ3n) is 6.65. The number of aryl methyl sites for hydroxylation is 2. The number of carbonyl (C=O) groups excluding carboxylic acids is 1. The second kappa shape index (κ2) is 9.87. The van der Waals surface area contributed by atoms with Crippen molar-refractivity contribution in [2.24, 2.45) is 0 Å². The van der Waals surface area contributed by atoms with E-state index in [2.05, 4.69) is 10.4 Å². The zero-order chi connectivity index (χ0) is 23.5. The smallest absolute Gasteiger partial charge is 0.241 e. The second-order valence-electron chi connectivity index (χ2n) is 9.25. The van der Waals surface area contributed by atoms with E-state index in [0.717, 1.165) is 61.3 Å². The van der Waals surface area contributed by atoms with Gasteiger partial charge in [0.15, 0.2) is 0 Å². The Balaban J connectivity index is 1.11. The lowest BCUT2D eigenvalue weighted by Gasteiger charge is -2.30. The Morgan fingerprint density at radius 3 is 2.74 bits per heavy atom. The summed E-state index contributed by atoms with van der Waals surface area (Å²) in [6.07, 6.45) is 6.84. The van der Waals surface area contributed by atoms with Crippen molar-refractivity contribution < 1.29 is 18.7 Å². The Morgan fingerprint density at radius 1 is 1.15 bits per heavy atom. The maximum atomic E-state index is 14.1. The van der Waals surface area contributed by atoms with Gasteiger partial charge in [0.25, 0.3) is 0 Å². The first-order valence-corrected chi connectivity index (χ1v) is 12.0. The number of hydrogen-bond donors (Lipinski definition) is 1. The number of nitrogens with zero attached hydrogens (tertiary/aromatic N) is 2. The monoisotopic (exact) mass is 463 g/mol. The summed E-state index contributed by atoms with van der Waals surface area (Å²) in [5.41, 5.74) is 2.61. The Hall–Kier alpha value is -3.35. The van der Waals surface area contributed by atoms with Crippen molar-refractivity contribution in [3.63, 3.8) is 0 Å². The number of fused-ring (bicyclic) bond motifs is 1. The van der Waals surface area contributed by atoms with E-state index in [1.807, 2.05) is 43.5 Å². The first-order chi connectivity index (χ1) is 16.5. The molecular weight excluding hydrogens is 433 g/mol. The quantitative estimate of drug-likeness (QED) is 0.565. The number of rotatable bonds is 6. The van der Waals surface area contributed by atoms with Crippen LogP contribution < -0.4 is 14.8 Å². The van der Waals surface area contributed by atoms with Gasteiger partial charge in [-0.3, -0.25) is 9.48 Å². The fourth-order valence-corrected chi connectivity index (χ4v) is 4.88. The summed E-state index contributed by atoms with van der Waals surface area (Å²) in [5, 5.41) is 7.39. The van der Waals surface area contributed by atoms with Gasteiger partial charge in [-0.2, -0.15) is 5.10 Å². The summed E-state index contributed by atoms with van der Waals surface area (Å²) < 4.78 is 28.2. The number of halogens is 1. The maximum absolute atomic E-state index is 14.1. The van der Waals surface area contributed by atoms with E-state index in [4.69, 9.17) is 9.47 Å². The number of carbonyl (C=O) groups is 1. The highest BCUT2D eigenvalue weighted by atomic mass is 19.1. The van der Waals surface area contributed by atoms with Gasteiger partial charge in [0.1, 0.15) is 30.0 Å². The van der Waals surface area contributed by atoms with Crippen LogP contribution in [0.3, 0.4) is 0 Å². The molecule has 1 aromatic heterocycles. The standard InChI is InChI=1S/C27H30FN3O3/c1-18-14-15-31(30-18)17-27(32)29-20-7-9-21(10-8-20)33-22-11-13-25-19(16-22)6-12-26(34-25)23-4-2-3-5-24(23)28/h2-5,11,13-16,20-21,26H,6-10,12,17H2,1H3,(H,29,32)/t20-,21-,26?. The molecule has 1 N–H and O–H groups in total. The Labute approximate surface area is 199 Å². The number of benzene rings is 2. The largest absolute Gasteiger partial charge is 0.490 e. The van der Waals surface area contributed by atoms with Gasteiger partial charge < -0.3 is 14.8 Å². The first kappa shape index (κ1) is 22.4. The molecule has 6 nitrogen and oxygen atoms in total. The van der Waals surface area contributed by atoms with Crippen molar-refractivity contribution >= 4 is 5.91 Å². The lowest BCUT2D eigenvalue weighted by molar-refractivity contribution is -0.122. The molecule has 34 heavy (non-hydrogen) atoms. The Kier molecular flexibility index (Phi) is 6.52. The maximum Gasteiger partial charge on any atom is 0.241 e. The van der Waals surface area contributed by atoms with E-state index in [9.17, 15) is 9.18 Å². The summed E-state index contributed by atoms with van der Waals surface area (Å²) in [7, 11) is 0. The second-order valence-corrected chi connectivity index (χ2v) is 9.25. The van der Waals surface area contributed by atoms with Crippen LogP contribution in [0, 0.1) is 12.7 Å². The van der Waals surface area contributed by atoms with Gasteiger partial charge in [0.2, 0.25) is 5.91 Å². The number of ether oxygens (including phenoxy) is 2. The lowest BCUT2D eigenvalue weighted by atomic mass is 9.92. The molecule has 0 spiro atoms. The topological polar surface area (TPSA) is 65.4 Å². The van der Waals surface area contributed by atoms with Gasteiger partial charge in [0.05, 0.1) is 11.8 Å². The van der Waals surface area contributed by atoms with Crippen molar-refractivity contribution in [3.05, 3.63) is 77.4 Å². The highest BCUT2D eigenvalue weighted by Crippen LogP contribution is 2.38. The molecule has 0 saturated heterocycles. The van der Waals surface area contributed by atoms with Gasteiger partial charge in [-0.05, 0) is 81.3 Å². The van der Waals surface area contributed by atoms with Crippen molar-refractivity contribution in [2.75, 3.05) is 0 Å². The van der Waals surface area contributed by atoms with Gasteiger partial charge >= 0.3 is 0 Å². The lowest BCUT2D eigenvalue weighted by Crippen LogP contribution is -2.41. The fourth-order valence-electron chi connectivity index (χ4n) is 4.88. The van der Waals surface area contributed by atoms with Crippen LogP contribution in [-0.2, 0) is 17.8 Å². The van der Waals surface area contributed by atoms with E-state index in [-0.39, 0.29) is 36.5 Å². The van der Waals surface area contributed by atoms with Gasteiger partial charge in [0, 0.05) is 17.8 Å². The number of nitrogens with one attached hydrogen (secondary N) is 1. The molecule has 1 atom stereocenters. The highest BCUT2D eigenvalue weighted by molar-refractivity contribution is 5.75. The molecule has 2 heterocycles. The molecule has 1 saturated carbocycles. The van der Waals surface area contributed by atoms with Crippen molar-refractivity contribution in [1.82, 2.24) is 15.1 Å². The molecule has 1 amide bonds. The SMILES string of the molecule is Cc1ccn(CC(=O)N[C@H]2CC[C@H](Oc3ccc4c(c3)CCC(c3ccccc3F)O4)CC2)n1. The first-order valence-electron chi connectivity index (χ1n) is 12.0. The van der Waals surface area contributed by atoms with Crippen LogP contribution in [0.4, 0.5) is 4.39 Å². The van der Waals surface area contributed by atoms with Crippen LogP contribution in [0.15, 0.2) is 54.7 Å². The normalized spacial score (nSPS) is 21.9. The van der Waals surface area contributed by atoms with Gasteiger partial charge in [-0.15, -0.1) is 0 Å². The molecule has 1 unspecified atom stereocenters. The van der Waals surface area contributed by atoms with Crippen LogP contribution >= 0.6 is 0 Å². The molecule has 2 aliphatic rings. The Bertz CT molecular complexity index is 1150. The number of hydrogen-bond acceptors (Lipinski definition) is 4. The number of aromatic nitrogens is 2. The molecular formula is C27H30FN3O3. The summed E-state index contributed by atoms with van der Waals surface area (Å²) in [6, 6.07) is 14.8. The summed E-state index contributed by atoms with van der Waals surface area (Å²) in [4.78, 5) is 12.3. The molecule has 1 aliphatic heterocycles. The summed E-state index contributed by atoms with van der Waals surface area (Å²) >= 11 is 0. The van der Waals surface area contributed by atoms with E-state index >= 15 is 0 Å². The van der Waals surface area contributed by atoms with Crippen LogP contribution in [0.1, 0.15) is 55.0 Å². The van der Waals surface area contributed by atoms with Gasteiger partial charge in [-0.1, -0.05) is 18.2 Å². The predicted octanol–water partition coefficient (Wildman–Crippen LogP) is 4.90. The van der Waals surface area contributed by atoms with Crippen molar-refractivity contribution in [2.45, 2.75) is 70.2 Å². The van der Waals surface area contributed by atoms with Crippen molar-refractivity contribution in [1.29, 1.82) is 0 Å². The van der Waals surface area contributed by atoms with E-state index in [1.165, 1.54) is 6.07 Å². The molecule has 7 heteroatoms. The summed E-state index contributed by atoms with van der Waals surface area (Å²) in [5.74, 6) is 1.41. The van der Waals surface area contributed by atoms with Crippen LogP contribution in [0.2, 0.25) is 0 Å². The zero-order valence-corrected chi connectivity index (χ0v) is 19.4. The molecule has 1 aliphatic carbocycles. The van der Waals surface area contributed by atoms with Crippen molar-refractivity contribution in [3.8, 4) is 11.5 Å². The minimum absolute atomic E-state index is 0.00385. The van der Waals surface area contributed by atoms with Crippen LogP contribution in [0.5, 0.6) is 11.5 Å². The Morgan fingerprint density at radius 2 is 1.97 bits per heavy atom. The fraction of sp³-hybridized carbons (Fsp3) is 0.407. The van der Waals surface area contributed by atoms with E-state index in [0.29, 0.717) is 5.56 Å². The minimum Gasteiger partial charge on any atom is -0.490 e. The number of amides is 1. The van der Waals surface area contributed by atoms with Gasteiger partial charge in [-0.25, -0.2) is 4.39 Å². The molecule has 2 aromatic carbocycles. The average molecular weight is 464 g/mol. The van der Waals surface area contributed by atoms with E-state index < -0.39 is 0 Å². The minimum atomic E-state index is -0.261. The molecule has 5 rings (SSSR count).